The molecule has 3 rings (SSSR count). The SMILES string of the molecule is COC(=O)[C@@H](Cc1nc2ccccc2[nH]c1=O)C(=O)C(=O)Nc1ccc(OC)cc1[N+](=O)[O-]. The van der Waals surface area contributed by atoms with Gasteiger partial charge in [0.25, 0.3) is 17.2 Å². The van der Waals surface area contributed by atoms with Crippen LogP contribution in [0.25, 0.3) is 11.0 Å². The molecule has 0 fully saturated rings. The molecule has 1 amide bonds. The Morgan fingerprint density at radius 2 is 1.91 bits per heavy atom. The number of carbonyl (C=O) groups is 3. The summed E-state index contributed by atoms with van der Waals surface area (Å²) in [5.41, 5.74) is -0.706. The summed E-state index contributed by atoms with van der Waals surface area (Å²) in [4.78, 5) is 67.3. The maximum Gasteiger partial charge on any atom is 0.317 e. The number of fused-ring (bicyclic) bond motifs is 1. The van der Waals surface area contributed by atoms with Crippen molar-refractivity contribution in [1.82, 2.24) is 9.97 Å². The Bertz CT molecular complexity index is 1320. The second-order valence-corrected chi connectivity index (χ2v) is 6.77. The molecule has 170 valence electrons. The smallest absolute Gasteiger partial charge is 0.317 e. The Morgan fingerprint density at radius 3 is 2.58 bits per heavy atom. The molecule has 0 unspecified atom stereocenters. The topological polar surface area (TPSA) is 171 Å². The fourth-order valence-corrected chi connectivity index (χ4v) is 3.06. The Labute approximate surface area is 185 Å². The summed E-state index contributed by atoms with van der Waals surface area (Å²) in [6.07, 6.45) is -0.510. The number of nitro groups is 1. The van der Waals surface area contributed by atoms with Crippen LogP contribution in [0.3, 0.4) is 0 Å². The molecule has 12 heteroatoms. The average Bonchev–Trinajstić information content (AvgIpc) is 2.81. The number of para-hydroxylation sites is 2. The summed E-state index contributed by atoms with van der Waals surface area (Å²) in [5.74, 6) is -5.13. The van der Waals surface area contributed by atoms with E-state index < -0.39 is 46.2 Å². The first-order valence-electron chi connectivity index (χ1n) is 9.48. The van der Waals surface area contributed by atoms with Crippen molar-refractivity contribution >= 4 is 40.1 Å². The lowest BCUT2D eigenvalue weighted by molar-refractivity contribution is -0.384. The van der Waals surface area contributed by atoms with Gasteiger partial charge < -0.3 is 19.8 Å². The number of methoxy groups -OCH3 is 2. The molecule has 0 aliphatic rings. The highest BCUT2D eigenvalue weighted by molar-refractivity contribution is 6.44. The monoisotopic (exact) mass is 454 g/mol. The molecular weight excluding hydrogens is 436 g/mol. The first kappa shape index (κ1) is 23.1. The van der Waals surface area contributed by atoms with Crippen LogP contribution in [0.2, 0.25) is 0 Å². The number of ether oxygens (including phenoxy) is 2. The van der Waals surface area contributed by atoms with Crippen LogP contribution in [0.1, 0.15) is 5.69 Å². The minimum absolute atomic E-state index is 0.152. The number of aromatic nitrogens is 2. The van der Waals surface area contributed by atoms with Crippen LogP contribution in [-0.4, -0.2) is 46.8 Å². The Morgan fingerprint density at radius 1 is 1.18 bits per heavy atom. The lowest BCUT2D eigenvalue weighted by Gasteiger charge is -2.13. The van der Waals surface area contributed by atoms with Crippen molar-refractivity contribution in [3.05, 3.63) is 68.6 Å². The second kappa shape index (κ2) is 9.68. The summed E-state index contributed by atoms with van der Waals surface area (Å²) in [6, 6.07) is 10.2. The highest BCUT2D eigenvalue weighted by Gasteiger charge is 2.35. The van der Waals surface area contributed by atoms with Gasteiger partial charge in [-0.15, -0.1) is 0 Å². The minimum Gasteiger partial charge on any atom is -0.496 e. The molecule has 1 aromatic heterocycles. The van der Waals surface area contributed by atoms with E-state index in [1.807, 2.05) is 0 Å². The van der Waals surface area contributed by atoms with E-state index in [1.54, 1.807) is 24.3 Å². The van der Waals surface area contributed by atoms with Crippen molar-refractivity contribution in [2.45, 2.75) is 6.42 Å². The van der Waals surface area contributed by atoms with E-state index in [1.165, 1.54) is 19.2 Å². The molecule has 2 N–H and O–H groups in total. The molecule has 0 radical (unpaired) electrons. The largest absolute Gasteiger partial charge is 0.496 e. The molecular formula is C21H18N4O8. The number of Topliss-reactive ketones (excluding diaryl/α,β-unsaturated/α-hetero) is 1. The minimum atomic E-state index is -1.69. The lowest BCUT2D eigenvalue weighted by Crippen LogP contribution is -2.37. The standard InChI is InChI=1S/C21H18N4O8/c1-32-11-7-8-15(17(9-11)25(30)31)24-20(28)18(26)12(21(29)33-2)10-16-19(27)23-14-6-4-3-5-13(14)22-16/h3-9,12H,10H2,1-2H3,(H,23,27)(H,24,28)/t12-/m0/s1. The van der Waals surface area contributed by atoms with Gasteiger partial charge in [0.15, 0.2) is 0 Å². The van der Waals surface area contributed by atoms with E-state index in [-0.39, 0.29) is 17.1 Å². The first-order valence-corrected chi connectivity index (χ1v) is 9.48. The van der Waals surface area contributed by atoms with E-state index in [4.69, 9.17) is 4.74 Å². The number of nitro benzene ring substituents is 1. The van der Waals surface area contributed by atoms with Crippen molar-refractivity contribution in [2.75, 3.05) is 19.5 Å². The van der Waals surface area contributed by atoms with Crippen LogP contribution in [0.4, 0.5) is 11.4 Å². The van der Waals surface area contributed by atoms with Gasteiger partial charge in [-0.05, 0) is 24.3 Å². The third kappa shape index (κ3) is 5.01. The lowest BCUT2D eigenvalue weighted by atomic mass is 9.97. The molecule has 0 aliphatic carbocycles. The molecule has 33 heavy (non-hydrogen) atoms. The van der Waals surface area contributed by atoms with E-state index in [2.05, 4.69) is 20.0 Å². The van der Waals surface area contributed by atoms with Gasteiger partial charge in [0.05, 0.1) is 36.2 Å². The highest BCUT2D eigenvalue weighted by atomic mass is 16.6. The van der Waals surface area contributed by atoms with Gasteiger partial charge in [0.2, 0.25) is 5.78 Å². The summed E-state index contributed by atoms with van der Waals surface area (Å²) < 4.78 is 9.54. The van der Waals surface area contributed by atoms with Crippen LogP contribution >= 0.6 is 0 Å². The Hall–Kier alpha value is -4.61. The average molecular weight is 454 g/mol. The molecule has 0 saturated heterocycles. The number of rotatable bonds is 8. The fourth-order valence-electron chi connectivity index (χ4n) is 3.06. The van der Waals surface area contributed by atoms with Crippen LogP contribution in [0.15, 0.2) is 47.3 Å². The van der Waals surface area contributed by atoms with Gasteiger partial charge in [-0.3, -0.25) is 29.3 Å². The molecule has 0 saturated carbocycles. The molecule has 0 spiro atoms. The summed E-state index contributed by atoms with van der Waals surface area (Å²) >= 11 is 0. The maximum absolute atomic E-state index is 12.8. The quantitative estimate of drug-likeness (QED) is 0.168. The van der Waals surface area contributed by atoms with Crippen molar-refractivity contribution in [3.8, 4) is 5.75 Å². The number of anilines is 1. The van der Waals surface area contributed by atoms with Crippen LogP contribution in [0.5, 0.6) is 5.75 Å². The van der Waals surface area contributed by atoms with E-state index in [0.29, 0.717) is 11.0 Å². The number of esters is 1. The van der Waals surface area contributed by atoms with Crippen LogP contribution in [-0.2, 0) is 25.5 Å². The normalized spacial score (nSPS) is 11.5. The van der Waals surface area contributed by atoms with Crippen LogP contribution in [0, 0.1) is 16.0 Å². The highest BCUT2D eigenvalue weighted by Crippen LogP contribution is 2.29. The van der Waals surface area contributed by atoms with Crippen molar-refractivity contribution in [1.29, 1.82) is 0 Å². The number of amides is 1. The van der Waals surface area contributed by atoms with E-state index in [0.717, 1.165) is 13.2 Å². The van der Waals surface area contributed by atoms with Gasteiger partial charge in [0.1, 0.15) is 23.0 Å². The number of hydrogen-bond donors (Lipinski definition) is 2. The van der Waals surface area contributed by atoms with E-state index in [9.17, 15) is 29.3 Å². The van der Waals surface area contributed by atoms with Crippen molar-refractivity contribution in [3.63, 3.8) is 0 Å². The predicted octanol–water partition coefficient (Wildman–Crippen LogP) is 1.38. The molecule has 1 atom stereocenters. The van der Waals surface area contributed by atoms with Crippen molar-refractivity contribution < 1.29 is 28.8 Å². The van der Waals surface area contributed by atoms with Gasteiger partial charge in [0, 0.05) is 6.42 Å². The molecule has 1 heterocycles. The number of H-pyrrole nitrogens is 1. The number of nitrogens with one attached hydrogen (secondary N) is 2. The number of carbonyl (C=O) groups excluding carboxylic acids is 3. The summed E-state index contributed by atoms with van der Waals surface area (Å²) in [5, 5.41) is 13.4. The van der Waals surface area contributed by atoms with Gasteiger partial charge in [-0.25, -0.2) is 4.98 Å². The number of hydrogen-bond acceptors (Lipinski definition) is 9. The zero-order valence-corrected chi connectivity index (χ0v) is 17.5. The number of nitrogens with zero attached hydrogens (tertiary/aromatic N) is 2. The second-order valence-electron chi connectivity index (χ2n) is 6.77. The molecule has 0 bridgehead atoms. The zero-order valence-electron chi connectivity index (χ0n) is 17.5. The number of benzene rings is 2. The fraction of sp³-hybridized carbons (Fsp3) is 0.190. The van der Waals surface area contributed by atoms with Crippen molar-refractivity contribution in [2.24, 2.45) is 5.92 Å². The maximum atomic E-state index is 12.8. The summed E-state index contributed by atoms with van der Waals surface area (Å²) in [7, 11) is 2.33. The Balaban J connectivity index is 1.89. The zero-order chi connectivity index (χ0) is 24.1. The molecule has 3 aromatic rings. The molecule has 0 aliphatic heterocycles. The van der Waals surface area contributed by atoms with Crippen LogP contribution < -0.4 is 15.6 Å². The first-order chi connectivity index (χ1) is 15.7. The number of aromatic amines is 1. The van der Waals surface area contributed by atoms with Gasteiger partial charge in [-0.2, -0.15) is 0 Å². The molecule has 12 nitrogen and oxygen atoms in total. The molecule has 2 aromatic carbocycles. The Kier molecular flexibility index (Phi) is 6.77. The van der Waals surface area contributed by atoms with Gasteiger partial charge in [-0.1, -0.05) is 12.1 Å². The van der Waals surface area contributed by atoms with E-state index >= 15 is 0 Å². The third-order valence-corrected chi connectivity index (χ3v) is 4.74. The predicted molar refractivity (Wildman–Crippen MR) is 115 cm³/mol. The third-order valence-electron chi connectivity index (χ3n) is 4.74. The number of ketones is 1. The van der Waals surface area contributed by atoms with Gasteiger partial charge >= 0.3 is 5.97 Å². The summed E-state index contributed by atoms with van der Waals surface area (Å²) in [6.45, 7) is 0.